The van der Waals surface area contributed by atoms with Gasteiger partial charge in [-0.2, -0.15) is 4.98 Å². The van der Waals surface area contributed by atoms with E-state index in [0.717, 1.165) is 12.8 Å². The van der Waals surface area contributed by atoms with Gasteiger partial charge in [-0.3, -0.25) is 0 Å². The summed E-state index contributed by atoms with van der Waals surface area (Å²) >= 11 is 0. The number of likely N-dealkylation sites (tertiary alicyclic amines) is 1. The van der Waals surface area contributed by atoms with Gasteiger partial charge < -0.3 is 19.8 Å². The van der Waals surface area contributed by atoms with Crippen LogP contribution in [0.15, 0.2) is 22.7 Å². The third-order valence-electron chi connectivity index (χ3n) is 4.49. The van der Waals surface area contributed by atoms with E-state index in [-0.39, 0.29) is 36.7 Å². The third kappa shape index (κ3) is 3.85. The van der Waals surface area contributed by atoms with Crippen molar-refractivity contribution in [1.82, 2.24) is 20.4 Å². The normalized spacial score (nSPS) is 17.1. The van der Waals surface area contributed by atoms with Gasteiger partial charge >= 0.3 is 6.03 Å². The number of aliphatic hydroxyl groups excluding tert-OH is 1. The van der Waals surface area contributed by atoms with Crippen molar-refractivity contribution in [3.8, 4) is 0 Å². The van der Waals surface area contributed by atoms with Gasteiger partial charge in [0.2, 0.25) is 5.89 Å². The topological polar surface area (TPSA) is 91.5 Å². The lowest BCUT2D eigenvalue weighted by molar-refractivity contribution is 0.189. The predicted octanol–water partition coefficient (Wildman–Crippen LogP) is 2.87. The van der Waals surface area contributed by atoms with Crippen LogP contribution < -0.4 is 5.32 Å². The minimum atomic E-state index is -0.480. The van der Waals surface area contributed by atoms with Crippen LogP contribution in [0.1, 0.15) is 61.5 Å². The quantitative estimate of drug-likeness (QED) is 0.853. The lowest BCUT2D eigenvalue weighted by atomic mass is 10.1. The molecule has 8 heteroatoms. The highest BCUT2D eigenvalue weighted by molar-refractivity contribution is 5.75. The Morgan fingerprint density at radius 2 is 2.31 bits per heavy atom. The summed E-state index contributed by atoms with van der Waals surface area (Å²) in [6, 6.07) is 4.07. The smallest absolute Gasteiger partial charge is 0.318 e. The minimum absolute atomic E-state index is 0.136. The number of halogens is 1. The molecule has 0 saturated carbocycles. The van der Waals surface area contributed by atoms with Crippen molar-refractivity contribution in [2.45, 2.75) is 51.8 Å². The molecule has 1 fully saturated rings. The van der Waals surface area contributed by atoms with Crippen molar-refractivity contribution in [2.75, 3.05) is 6.54 Å². The molecule has 1 aliphatic rings. The maximum absolute atomic E-state index is 13.7. The molecular formula is C18H23FN4O3. The van der Waals surface area contributed by atoms with Gasteiger partial charge in [0.25, 0.3) is 0 Å². The highest BCUT2D eigenvalue weighted by Gasteiger charge is 2.33. The van der Waals surface area contributed by atoms with Crippen LogP contribution in [0.3, 0.4) is 0 Å². The first-order valence-corrected chi connectivity index (χ1v) is 8.75. The zero-order chi connectivity index (χ0) is 18.7. The standard InChI is InChI=1S/C18H23FN4O3/c1-11(2)17-21-16(22-26-17)15-4-3-7-23(15)18(25)20-9-12-5-6-13(10-24)14(19)8-12/h5-6,8,11,15,24H,3-4,7,9-10H2,1-2H3,(H,20,25). The molecule has 1 saturated heterocycles. The minimum Gasteiger partial charge on any atom is -0.392 e. The van der Waals surface area contributed by atoms with Crippen LogP contribution in [0.4, 0.5) is 9.18 Å². The van der Waals surface area contributed by atoms with E-state index in [2.05, 4.69) is 15.5 Å². The summed E-state index contributed by atoms with van der Waals surface area (Å²) < 4.78 is 19.0. The van der Waals surface area contributed by atoms with Crippen molar-refractivity contribution < 1.29 is 18.8 Å². The predicted molar refractivity (Wildman–Crippen MR) is 91.6 cm³/mol. The zero-order valence-electron chi connectivity index (χ0n) is 14.9. The second kappa shape index (κ2) is 7.82. The van der Waals surface area contributed by atoms with Gasteiger partial charge in [0.1, 0.15) is 5.82 Å². The Hall–Kier alpha value is -2.48. The van der Waals surface area contributed by atoms with E-state index in [1.807, 2.05) is 13.8 Å². The fraction of sp³-hybridized carbons (Fsp3) is 0.500. The van der Waals surface area contributed by atoms with Gasteiger partial charge in [0, 0.05) is 24.6 Å². The number of carbonyl (C=O) groups is 1. The number of hydrogen-bond donors (Lipinski definition) is 2. The largest absolute Gasteiger partial charge is 0.392 e. The first kappa shape index (κ1) is 18.3. The highest BCUT2D eigenvalue weighted by atomic mass is 19.1. The number of urea groups is 1. The number of carbonyl (C=O) groups excluding carboxylic acids is 1. The molecule has 1 unspecified atom stereocenters. The van der Waals surface area contributed by atoms with Crippen LogP contribution in [-0.4, -0.2) is 32.7 Å². The summed E-state index contributed by atoms with van der Waals surface area (Å²) in [5.41, 5.74) is 0.864. The SMILES string of the molecule is CC(C)c1nc(C2CCCN2C(=O)NCc2ccc(CO)c(F)c2)no1. The second-order valence-corrected chi connectivity index (χ2v) is 6.74. The maximum Gasteiger partial charge on any atom is 0.318 e. The molecule has 7 nitrogen and oxygen atoms in total. The fourth-order valence-corrected chi connectivity index (χ4v) is 3.00. The Bertz CT molecular complexity index is 778. The van der Waals surface area contributed by atoms with E-state index in [9.17, 15) is 9.18 Å². The van der Waals surface area contributed by atoms with Crippen molar-refractivity contribution in [2.24, 2.45) is 0 Å². The Labute approximate surface area is 151 Å². The number of benzene rings is 1. The monoisotopic (exact) mass is 362 g/mol. The summed E-state index contributed by atoms with van der Waals surface area (Å²) in [4.78, 5) is 18.6. The molecule has 2 aromatic rings. The number of aromatic nitrogens is 2. The molecule has 26 heavy (non-hydrogen) atoms. The zero-order valence-corrected chi connectivity index (χ0v) is 14.9. The number of amides is 2. The molecular weight excluding hydrogens is 339 g/mol. The van der Waals surface area contributed by atoms with Gasteiger partial charge in [-0.15, -0.1) is 0 Å². The van der Waals surface area contributed by atoms with Crippen LogP contribution in [0.5, 0.6) is 0 Å². The molecule has 2 N–H and O–H groups in total. The average molecular weight is 362 g/mol. The lowest BCUT2D eigenvalue weighted by Gasteiger charge is -2.22. The van der Waals surface area contributed by atoms with E-state index in [1.54, 1.807) is 11.0 Å². The third-order valence-corrected chi connectivity index (χ3v) is 4.49. The van der Waals surface area contributed by atoms with E-state index in [4.69, 9.17) is 9.63 Å². The van der Waals surface area contributed by atoms with Crippen LogP contribution >= 0.6 is 0 Å². The number of aliphatic hydroxyl groups is 1. The van der Waals surface area contributed by atoms with E-state index in [1.165, 1.54) is 12.1 Å². The van der Waals surface area contributed by atoms with Crippen LogP contribution in [-0.2, 0) is 13.2 Å². The van der Waals surface area contributed by atoms with Crippen LogP contribution in [0.2, 0.25) is 0 Å². The maximum atomic E-state index is 13.7. The molecule has 2 heterocycles. The number of nitrogens with one attached hydrogen (secondary N) is 1. The lowest BCUT2D eigenvalue weighted by Crippen LogP contribution is -2.39. The number of hydrogen-bond acceptors (Lipinski definition) is 5. The second-order valence-electron chi connectivity index (χ2n) is 6.74. The van der Waals surface area contributed by atoms with Crippen molar-refractivity contribution >= 4 is 6.03 Å². The Balaban J connectivity index is 1.63. The molecule has 140 valence electrons. The van der Waals surface area contributed by atoms with Gasteiger partial charge in [-0.25, -0.2) is 9.18 Å². The molecule has 1 aromatic heterocycles. The van der Waals surface area contributed by atoms with Crippen molar-refractivity contribution in [3.05, 3.63) is 46.9 Å². The first-order valence-electron chi connectivity index (χ1n) is 8.75. The van der Waals surface area contributed by atoms with Gasteiger partial charge in [-0.1, -0.05) is 31.1 Å². The van der Waals surface area contributed by atoms with Crippen LogP contribution in [0, 0.1) is 5.82 Å². The summed E-state index contributed by atoms with van der Waals surface area (Å²) in [6.07, 6.45) is 1.65. The van der Waals surface area contributed by atoms with E-state index < -0.39 is 5.82 Å². The molecule has 0 aliphatic carbocycles. The van der Waals surface area contributed by atoms with E-state index in [0.29, 0.717) is 23.8 Å². The number of rotatable bonds is 5. The van der Waals surface area contributed by atoms with E-state index >= 15 is 0 Å². The van der Waals surface area contributed by atoms with Gasteiger partial charge in [0.15, 0.2) is 5.82 Å². The highest BCUT2D eigenvalue weighted by Crippen LogP contribution is 2.30. The molecule has 0 bridgehead atoms. The number of nitrogens with zero attached hydrogens (tertiary/aromatic N) is 3. The molecule has 2 amide bonds. The Kier molecular flexibility index (Phi) is 5.51. The molecule has 0 radical (unpaired) electrons. The van der Waals surface area contributed by atoms with Crippen molar-refractivity contribution in [1.29, 1.82) is 0 Å². The van der Waals surface area contributed by atoms with Gasteiger partial charge in [0.05, 0.1) is 12.6 Å². The average Bonchev–Trinajstić information content (AvgIpc) is 3.28. The Morgan fingerprint density at radius 3 is 2.96 bits per heavy atom. The Morgan fingerprint density at radius 1 is 1.50 bits per heavy atom. The first-order chi connectivity index (χ1) is 12.5. The van der Waals surface area contributed by atoms with Crippen molar-refractivity contribution in [3.63, 3.8) is 0 Å². The molecule has 3 rings (SSSR count). The summed E-state index contributed by atoms with van der Waals surface area (Å²) in [5.74, 6) is 0.745. The summed E-state index contributed by atoms with van der Waals surface area (Å²) in [5, 5.41) is 15.8. The molecule has 1 aliphatic heterocycles. The van der Waals surface area contributed by atoms with Crippen LogP contribution in [0.25, 0.3) is 0 Å². The van der Waals surface area contributed by atoms with Gasteiger partial charge in [-0.05, 0) is 24.5 Å². The molecule has 1 atom stereocenters. The molecule has 1 aromatic carbocycles. The summed E-state index contributed by atoms with van der Waals surface area (Å²) in [6.45, 7) is 4.40. The fourth-order valence-electron chi connectivity index (χ4n) is 3.00. The summed E-state index contributed by atoms with van der Waals surface area (Å²) in [7, 11) is 0. The molecule has 0 spiro atoms.